The third-order valence-electron chi connectivity index (χ3n) is 6.60. The van der Waals surface area contributed by atoms with E-state index in [1.54, 1.807) is 12.1 Å². The number of alkyl halides is 3. The molecule has 2 saturated heterocycles. The number of epoxide rings is 1. The average molecular weight is 517 g/mol. The molecule has 0 aliphatic carbocycles. The first-order valence-electron chi connectivity index (χ1n) is 12.2. The number of aryl methyl sites for hydroxylation is 1. The highest BCUT2D eigenvalue weighted by atomic mass is 19.4. The van der Waals surface area contributed by atoms with Gasteiger partial charge in [0.05, 0.1) is 23.4 Å². The molecule has 0 saturated carbocycles. The third-order valence-corrected chi connectivity index (χ3v) is 6.60. The van der Waals surface area contributed by atoms with Crippen LogP contribution in [0, 0.1) is 6.92 Å². The summed E-state index contributed by atoms with van der Waals surface area (Å²) in [5.41, 5.74) is 2.61. The summed E-state index contributed by atoms with van der Waals surface area (Å²) in [6, 6.07) is 7.22. The zero-order valence-electron chi connectivity index (χ0n) is 20.4. The summed E-state index contributed by atoms with van der Waals surface area (Å²) in [5.74, 6) is 0.0643. The van der Waals surface area contributed by atoms with E-state index in [-0.39, 0.29) is 11.5 Å². The minimum atomic E-state index is -4.60. The van der Waals surface area contributed by atoms with E-state index in [1.807, 2.05) is 26.0 Å². The fourth-order valence-electron chi connectivity index (χ4n) is 4.55. The van der Waals surface area contributed by atoms with Crippen LogP contribution >= 0.6 is 0 Å². The molecule has 1 aromatic heterocycles. The van der Waals surface area contributed by atoms with Gasteiger partial charge in [-0.1, -0.05) is 6.07 Å². The number of ether oxygens (including phenoxy) is 3. The number of carbonyl (C=O) groups is 1. The Morgan fingerprint density at radius 1 is 1.22 bits per heavy atom. The van der Waals surface area contributed by atoms with Crippen molar-refractivity contribution in [3.05, 3.63) is 58.8 Å². The number of halogens is 3. The normalized spacial score (nSPS) is 21.6. The summed E-state index contributed by atoms with van der Waals surface area (Å²) in [6.07, 6.45) is -2.65. The fourth-order valence-corrected chi connectivity index (χ4v) is 4.55. The predicted molar refractivity (Wildman–Crippen MR) is 129 cm³/mol. The first-order chi connectivity index (χ1) is 17.7. The van der Waals surface area contributed by atoms with Gasteiger partial charge >= 0.3 is 6.18 Å². The molecule has 2 fully saturated rings. The van der Waals surface area contributed by atoms with Gasteiger partial charge in [0.15, 0.2) is 6.23 Å². The van der Waals surface area contributed by atoms with E-state index in [2.05, 4.69) is 20.8 Å². The summed E-state index contributed by atoms with van der Waals surface area (Å²) in [7, 11) is 0. The lowest BCUT2D eigenvalue weighted by molar-refractivity contribution is -0.113. The van der Waals surface area contributed by atoms with Gasteiger partial charge in [0.25, 0.3) is 5.91 Å². The molecule has 3 aliphatic rings. The van der Waals surface area contributed by atoms with Crippen LogP contribution in [0.3, 0.4) is 0 Å². The van der Waals surface area contributed by atoms with Crippen LogP contribution in [0.25, 0.3) is 11.3 Å². The van der Waals surface area contributed by atoms with Crippen LogP contribution in [0.5, 0.6) is 5.88 Å². The first kappa shape index (κ1) is 25.2. The molecule has 0 radical (unpaired) electrons. The average Bonchev–Trinajstić information content (AvgIpc) is 3.66. The maximum absolute atomic E-state index is 13.3. The predicted octanol–water partition coefficient (Wildman–Crippen LogP) is 4.38. The van der Waals surface area contributed by atoms with E-state index in [9.17, 15) is 18.0 Å². The Morgan fingerprint density at radius 2 is 2.00 bits per heavy atom. The van der Waals surface area contributed by atoms with E-state index >= 15 is 0 Å². The van der Waals surface area contributed by atoms with Gasteiger partial charge in [0.1, 0.15) is 6.10 Å². The van der Waals surface area contributed by atoms with Crippen molar-refractivity contribution in [2.45, 2.75) is 51.1 Å². The Labute approximate surface area is 211 Å². The summed E-state index contributed by atoms with van der Waals surface area (Å²) in [5, 5.41) is 14.0. The second-order valence-corrected chi connectivity index (χ2v) is 9.13. The highest BCUT2D eigenvalue weighted by molar-refractivity contribution is 6.05. The number of fused-ring (bicyclic) bond motifs is 1. The van der Waals surface area contributed by atoms with Gasteiger partial charge in [-0.15, -0.1) is 10.2 Å². The molecule has 11 heteroatoms. The largest absolute Gasteiger partial charge is 0.477 e. The van der Waals surface area contributed by atoms with Crippen LogP contribution in [0.4, 0.5) is 18.9 Å². The number of nitrogens with zero attached hydrogens (tertiary/aromatic N) is 2. The molecule has 0 spiro atoms. The van der Waals surface area contributed by atoms with Gasteiger partial charge in [-0.05, 0) is 62.4 Å². The van der Waals surface area contributed by atoms with Crippen molar-refractivity contribution in [2.75, 3.05) is 25.1 Å². The number of carbonyl (C=O) groups excluding carboxylic acids is 1. The summed E-state index contributed by atoms with van der Waals surface area (Å²) in [6.45, 7) is 5.59. The zero-order chi connectivity index (χ0) is 26.2. The van der Waals surface area contributed by atoms with E-state index in [0.717, 1.165) is 41.8 Å². The van der Waals surface area contributed by atoms with Crippen molar-refractivity contribution < 1.29 is 32.2 Å². The third kappa shape index (κ3) is 5.47. The van der Waals surface area contributed by atoms with Crippen molar-refractivity contribution in [3.8, 4) is 17.1 Å². The van der Waals surface area contributed by atoms with Gasteiger partial charge in [-0.2, -0.15) is 13.2 Å². The van der Waals surface area contributed by atoms with Crippen molar-refractivity contribution in [1.29, 1.82) is 0 Å². The van der Waals surface area contributed by atoms with Crippen molar-refractivity contribution in [2.24, 2.45) is 0 Å². The van der Waals surface area contributed by atoms with E-state index < -0.39 is 30.0 Å². The first-order valence-corrected chi connectivity index (χ1v) is 12.2. The van der Waals surface area contributed by atoms with Crippen LogP contribution in [-0.2, 0) is 14.3 Å². The van der Waals surface area contributed by atoms with Crippen molar-refractivity contribution >= 4 is 11.6 Å². The Morgan fingerprint density at radius 3 is 2.73 bits per heavy atom. The molecule has 4 heterocycles. The maximum Gasteiger partial charge on any atom is 0.417 e. The minimum Gasteiger partial charge on any atom is -0.477 e. The molecular formula is C26H27F3N4O4. The van der Waals surface area contributed by atoms with Crippen molar-refractivity contribution in [1.82, 2.24) is 15.5 Å². The van der Waals surface area contributed by atoms with Gasteiger partial charge < -0.3 is 24.8 Å². The number of hydrogen-bond acceptors (Lipinski definition) is 7. The molecular weight excluding hydrogens is 489 g/mol. The highest BCUT2D eigenvalue weighted by Crippen LogP contribution is 2.37. The highest BCUT2D eigenvalue weighted by Gasteiger charge is 2.47. The monoisotopic (exact) mass is 516 g/mol. The SMILES string of the molecule is CCOc1nnc(-c2cc(NC(=O)C3=CC(C(F)(F)F)=CNC4OC34)ccc2C)cc1C1CCOCC1. The van der Waals surface area contributed by atoms with Crippen LogP contribution in [0.1, 0.15) is 36.8 Å². The lowest BCUT2D eigenvalue weighted by atomic mass is 9.91. The summed E-state index contributed by atoms with van der Waals surface area (Å²) in [4.78, 5) is 13.0. The van der Waals surface area contributed by atoms with Crippen molar-refractivity contribution in [3.63, 3.8) is 0 Å². The van der Waals surface area contributed by atoms with Gasteiger partial charge in [0.2, 0.25) is 5.88 Å². The molecule has 1 aromatic carbocycles. The number of allylic oxidation sites excluding steroid dienone is 2. The molecule has 37 heavy (non-hydrogen) atoms. The van der Waals surface area contributed by atoms with Crippen LogP contribution in [0.15, 0.2) is 47.7 Å². The second kappa shape index (κ2) is 10.1. The topological polar surface area (TPSA) is 97.9 Å². The molecule has 0 bridgehead atoms. The smallest absolute Gasteiger partial charge is 0.417 e. The van der Waals surface area contributed by atoms with Gasteiger partial charge in [-0.3, -0.25) is 4.79 Å². The van der Waals surface area contributed by atoms with Crippen LogP contribution < -0.4 is 15.4 Å². The molecule has 2 N–H and O–H groups in total. The molecule has 2 aromatic rings. The van der Waals surface area contributed by atoms with Crippen LogP contribution in [0.2, 0.25) is 0 Å². The number of nitrogens with one attached hydrogen (secondary N) is 2. The number of anilines is 1. The van der Waals surface area contributed by atoms with Crippen LogP contribution in [-0.4, -0.2) is 54.4 Å². The second-order valence-electron chi connectivity index (χ2n) is 9.13. The Hall–Kier alpha value is -3.44. The molecule has 196 valence electrons. The zero-order valence-corrected chi connectivity index (χ0v) is 20.4. The quantitative estimate of drug-likeness (QED) is 0.550. The van der Waals surface area contributed by atoms with Gasteiger partial charge in [0, 0.05) is 36.2 Å². The van der Waals surface area contributed by atoms with E-state index in [1.165, 1.54) is 0 Å². The standard InChI is InChI=1S/C26H27F3N4O4/c1-3-36-24-19(15-6-8-35-9-7-15)12-21(32-33-24)18-11-17(5-4-14(18)2)31-23(34)20-10-16(26(27,28)29)13-30-25-22(20)37-25/h4-5,10-13,15,22,25,30H,3,6-9H2,1-2H3,(H,31,34). The molecule has 2 atom stereocenters. The fraction of sp³-hybridized carbons (Fsp3) is 0.423. The maximum atomic E-state index is 13.3. The molecule has 1 amide bonds. The van der Waals surface area contributed by atoms with E-state index in [4.69, 9.17) is 14.2 Å². The number of aromatic nitrogens is 2. The lowest BCUT2D eigenvalue weighted by Crippen LogP contribution is -2.21. The van der Waals surface area contributed by atoms with Gasteiger partial charge in [-0.25, -0.2) is 0 Å². The Kier molecular flexibility index (Phi) is 6.91. The molecule has 2 unspecified atom stereocenters. The minimum absolute atomic E-state index is 0.0941. The molecule has 3 aliphatic heterocycles. The number of hydrogen-bond donors (Lipinski definition) is 2. The number of benzene rings is 1. The number of amides is 1. The lowest BCUT2D eigenvalue weighted by Gasteiger charge is -2.24. The Bertz CT molecular complexity index is 1250. The summed E-state index contributed by atoms with van der Waals surface area (Å²) < 4.78 is 56.5. The Balaban J connectivity index is 1.42. The molecule has 5 rings (SSSR count). The molecule has 8 nitrogen and oxygen atoms in total. The number of rotatable bonds is 6. The van der Waals surface area contributed by atoms with E-state index in [0.29, 0.717) is 37.1 Å². The summed E-state index contributed by atoms with van der Waals surface area (Å²) >= 11 is 0.